The lowest BCUT2D eigenvalue weighted by molar-refractivity contribution is -0.138. The van der Waals surface area contributed by atoms with Crippen molar-refractivity contribution >= 4 is 21.9 Å². The summed E-state index contributed by atoms with van der Waals surface area (Å²) in [5.74, 6) is -0.953. The average Bonchev–Trinajstić information content (AvgIpc) is 2.36. The lowest BCUT2D eigenvalue weighted by atomic mass is 9.95. The third kappa shape index (κ3) is 3.42. The van der Waals surface area contributed by atoms with E-state index in [2.05, 4.69) is 25.9 Å². The lowest BCUT2D eigenvalue weighted by Crippen LogP contribution is -2.17. The van der Waals surface area contributed by atoms with Crippen molar-refractivity contribution in [3.05, 3.63) is 57.6 Å². The number of nitrogens with zero attached hydrogens (tertiary/aromatic N) is 2. The van der Waals surface area contributed by atoms with E-state index < -0.39 is 11.9 Å². The summed E-state index contributed by atoms with van der Waals surface area (Å²) in [4.78, 5) is 20.0. The number of aromatic nitrogens is 2. The third-order valence-corrected chi connectivity index (χ3v) is 3.80. The molecule has 0 amide bonds. The molecule has 1 atom stereocenters. The van der Waals surface area contributed by atoms with Crippen molar-refractivity contribution < 1.29 is 9.90 Å². The number of halogens is 1. The molecule has 4 nitrogen and oxygen atoms in total. The molecule has 1 N–H and O–H groups in total. The zero-order valence-electron chi connectivity index (χ0n) is 11.3. The number of aliphatic carboxylic acids is 1. The Labute approximate surface area is 126 Å². The number of carboxylic acids is 1. The van der Waals surface area contributed by atoms with Gasteiger partial charge in [-0.2, -0.15) is 0 Å². The smallest absolute Gasteiger partial charge is 0.312 e. The summed E-state index contributed by atoms with van der Waals surface area (Å²) in [5.41, 5.74) is 2.29. The molecule has 0 radical (unpaired) electrons. The summed E-state index contributed by atoms with van der Waals surface area (Å²) >= 11 is 3.45. The molecule has 20 heavy (non-hydrogen) atoms. The fraction of sp³-hybridized carbons (Fsp3) is 0.267. The van der Waals surface area contributed by atoms with Gasteiger partial charge in [-0.05, 0) is 38.0 Å². The van der Waals surface area contributed by atoms with Crippen LogP contribution in [-0.2, 0) is 11.2 Å². The van der Waals surface area contributed by atoms with Gasteiger partial charge in [0.05, 0.1) is 5.69 Å². The molecule has 2 rings (SSSR count). The van der Waals surface area contributed by atoms with Crippen LogP contribution in [0.25, 0.3) is 0 Å². The van der Waals surface area contributed by atoms with Gasteiger partial charge in [-0.1, -0.05) is 34.1 Å². The number of aryl methyl sites for hydroxylation is 2. The van der Waals surface area contributed by atoms with E-state index in [1.165, 1.54) is 0 Å². The minimum Gasteiger partial charge on any atom is -0.481 e. The number of benzene rings is 1. The van der Waals surface area contributed by atoms with Crippen molar-refractivity contribution in [2.75, 3.05) is 0 Å². The van der Waals surface area contributed by atoms with Crippen molar-refractivity contribution in [2.45, 2.75) is 26.2 Å². The van der Waals surface area contributed by atoms with Gasteiger partial charge in [0, 0.05) is 10.2 Å². The van der Waals surface area contributed by atoms with E-state index >= 15 is 0 Å². The quantitative estimate of drug-likeness (QED) is 0.931. The standard InChI is InChI=1S/C15H15BrN2O2/c1-9-7-14(18-10(2)17-9)12(15(19)20)8-11-5-3-4-6-13(11)16/h3-7,12H,8H2,1-2H3,(H,19,20). The van der Waals surface area contributed by atoms with E-state index in [1.807, 2.05) is 31.2 Å². The molecule has 0 saturated carbocycles. The van der Waals surface area contributed by atoms with Crippen molar-refractivity contribution in [3.63, 3.8) is 0 Å². The summed E-state index contributed by atoms with van der Waals surface area (Å²) in [6.45, 7) is 3.61. The Morgan fingerprint density at radius 1 is 1.30 bits per heavy atom. The second-order valence-electron chi connectivity index (χ2n) is 4.67. The first kappa shape index (κ1) is 14.7. The number of hydrogen-bond acceptors (Lipinski definition) is 3. The molecule has 1 aromatic carbocycles. The van der Waals surface area contributed by atoms with E-state index in [4.69, 9.17) is 0 Å². The molecule has 5 heteroatoms. The second-order valence-corrected chi connectivity index (χ2v) is 5.52. The predicted molar refractivity (Wildman–Crippen MR) is 79.7 cm³/mol. The average molecular weight is 335 g/mol. The fourth-order valence-corrected chi connectivity index (χ4v) is 2.57. The molecule has 1 aromatic heterocycles. The van der Waals surface area contributed by atoms with Gasteiger partial charge in [-0.3, -0.25) is 4.79 Å². The number of carboxylic acid groups (broad SMARTS) is 1. The van der Waals surface area contributed by atoms with Gasteiger partial charge in [0.2, 0.25) is 0 Å². The van der Waals surface area contributed by atoms with Crippen molar-refractivity contribution in [1.29, 1.82) is 0 Å². The Morgan fingerprint density at radius 3 is 2.60 bits per heavy atom. The van der Waals surface area contributed by atoms with Gasteiger partial charge in [-0.15, -0.1) is 0 Å². The van der Waals surface area contributed by atoms with E-state index in [0.29, 0.717) is 17.9 Å². The van der Waals surface area contributed by atoms with Gasteiger partial charge < -0.3 is 5.11 Å². The second kappa shape index (κ2) is 6.13. The van der Waals surface area contributed by atoms with Crippen LogP contribution in [0, 0.1) is 13.8 Å². The van der Waals surface area contributed by atoms with E-state index in [1.54, 1.807) is 13.0 Å². The third-order valence-electron chi connectivity index (χ3n) is 3.02. The van der Waals surface area contributed by atoms with E-state index in [9.17, 15) is 9.90 Å². The normalized spacial score (nSPS) is 12.2. The molecule has 2 aromatic rings. The van der Waals surface area contributed by atoms with Crippen LogP contribution in [-0.4, -0.2) is 21.0 Å². The maximum Gasteiger partial charge on any atom is 0.312 e. The molecule has 1 heterocycles. The number of carbonyl (C=O) groups is 1. The zero-order chi connectivity index (χ0) is 14.7. The van der Waals surface area contributed by atoms with E-state index in [-0.39, 0.29) is 0 Å². The van der Waals surface area contributed by atoms with Crippen LogP contribution in [0.4, 0.5) is 0 Å². The van der Waals surface area contributed by atoms with Gasteiger partial charge in [0.15, 0.2) is 0 Å². The minimum atomic E-state index is -0.877. The van der Waals surface area contributed by atoms with Gasteiger partial charge in [-0.25, -0.2) is 9.97 Å². The highest BCUT2D eigenvalue weighted by atomic mass is 79.9. The lowest BCUT2D eigenvalue weighted by Gasteiger charge is -2.14. The van der Waals surface area contributed by atoms with Crippen LogP contribution in [0.2, 0.25) is 0 Å². The first-order valence-electron chi connectivity index (χ1n) is 6.25. The predicted octanol–water partition coefficient (Wildman–Crippen LogP) is 3.27. The monoisotopic (exact) mass is 334 g/mol. The fourth-order valence-electron chi connectivity index (χ4n) is 2.13. The molecule has 0 spiro atoms. The molecule has 0 aliphatic heterocycles. The summed E-state index contributed by atoms with van der Waals surface area (Å²) in [6.07, 6.45) is 0.395. The van der Waals surface area contributed by atoms with Gasteiger partial charge in [0.25, 0.3) is 0 Å². The molecule has 0 saturated heterocycles. The van der Waals surface area contributed by atoms with E-state index in [0.717, 1.165) is 15.7 Å². The van der Waals surface area contributed by atoms with Crippen molar-refractivity contribution in [1.82, 2.24) is 9.97 Å². The zero-order valence-corrected chi connectivity index (χ0v) is 12.9. The summed E-state index contributed by atoms with van der Waals surface area (Å²) < 4.78 is 0.911. The van der Waals surface area contributed by atoms with Crippen LogP contribution in [0.5, 0.6) is 0 Å². The Kier molecular flexibility index (Phi) is 4.49. The molecule has 1 unspecified atom stereocenters. The number of hydrogen-bond donors (Lipinski definition) is 1. The molecule has 104 valence electrons. The molecule has 0 bridgehead atoms. The SMILES string of the molecule is Cc1cc(C(Cc2ccccc2Br)C(=O)O)nc(C)n1. The molecule has 0 fully saturated rings. The van der Waals surface area contributed by atoms with Crippen LogP contribution in [0.1, 0.15) is 28.7 Å². The highest BCUT2D eigenvalue weighted by Crippen LogP contribution is 2.25. The highest BCUT2D eigenvalue weighted by molar-refractivity contribution is 9.10. The first-order valence-corrected chi connectivity index (χ1v) is 7.05. The van der Waals surface area contributed by atoms with Crippen molar-refractivity contribution in [2.24, 2.45) is 0 Å². The van der Waals surface area contributed by atoms with Crippen LogP contribution < -0.4 is 0 Å². The summed E-state index contributed by atoms with van der Waals surface area (Å²) in [6, 6.07) is 9.37. The Bertz CT molecular complexity index is 623. The minimum absolute atomic E-state index is 0.395. The topological polar surface area (TPSA) is 63.1 Å². The molecular weight excluding hydrogens is 320 g/mol. The Morgan fingerprint density at radius 2 is 2.00 bits per heavy atom. The van der Waals surface area contributed by atoms with Crippen molar-refractivity contribution in [3.8, 4) is 0 Å². The molecule has 0 aliphatic carbocycles. The van der Waals surface area contributed by atoms with Crippen LogP contribution in [0.15, 0.2) is 34.8 Å². The molecule has 0 aliphatic rings. The Hall–Kier alpha value is -1.75. The summed E-state index contributed by atoms with van der Waals surface area (Å²) in [5, 5.41) is 9.48. The maximum atomic E-state index is 11.6. The Balaban J connectivity index is 2.37. The van der Waals surface area contributed by atoms with Crippen LogP contribution in [0.3, 0.4) is 0 Å². The molecular formula is C15H15BrN2O2. The summed E-state index contributed by atoms with van der Waals surface area (Å²) in [7, 11) is 0. The largest absolute Gasteiger partial charge is 0.481 e. The van der Waals surface area contributed by atoms with Gasteiger partial charge >= 0.3 is 5.97 Å². The number of rotatable bonds is 4. The first-order chi connectivity index (χ1) is 9.47. The maximum absolute atomic E-state index is 11.6. The van der Waals surface area contributed by atoms with Crippen LogP contribution >= 0.6 is 15.9 Å². The van der Waals surface area contributed by atoms with Gasteiger partial charge in [0.1, 0.15) is 11.7 Å². The highest BCUT2D eigenvalue weighted by Gasteiger charge is 2.23.